The van der Waals surface area contributed by atoms with Gasteiger partial charge in [0.15, 0.2) is 11.6 Å². The highest BCUT2D eigenvalue weighted by Crippen LogP contribution is 2.57. The lowest BCUT2D eigenvalue weighted by Crippen LogP contribution is -2.49. The number of aromatic nitrogens is 5. The van der Waals surface area contributed by atoms with E-state index in [1.54, 1.807) is 12.1 Å². The van der Waals surface area contributed by atoms with E-state index in [0.717, 1.165) is 129 Å². The fourth-order valence-electron chi connectivity index (χ4n) is 13.7. The van der Waals surface area contributed by atoms with Gasteiger partial charge in [-0.15, -0.1) is 0 Å². The van der Waals surface area contributed by atoms with Crippen LogP contribution in [0, 0.1) is 23.5 Å². The summed E-state index contributed by atoms with van der Waals surface area (Å²) in [5, 5.41) is 0. The first-order valence-corrected chi connectivity index (χ1v) is 25.8. The highest BCUT2D eigenvalue weighted by atomic mass is 19.1. The Labute approximate surface area is 414 Å². The summed E-state index contributed by atoms with van der Waals surface area (Å²) in [5.41, 5.74) is 18.8. The molecule has 0 radical (unpaired) electrons. The van der Waals surface area contributed by atoms with Gasteiger partial charge in [0, 0.05) is 78.3 Å². The molecule has 6 aliphatic rings. The van der Waals surface area contributed by atoms with Crippen molar-refractivity contribution in [3.05, 3.63) is 185 Å². The third-order valence-electron chi connectivity index (χ3n) is 17.2. The van der Waals surface area contributed by atoms with Crippen molar-refractivity contribution in [2.75, 3.05) is 26.4 Å². The Hall–Kier alpha value is -5.76. The molecule has 13 rings (SSSR count). The molecule has 0 amide bonds. The third kappa shape index (κ3) is 8.79. The van der Waals surface area contributed by atoms with Crippen LogP contribution in [0.2, 0.25) is 0 Å². The maximum absolute atomic E-state index is 13.6. The number of rotatable bonds is 7. The van der Waals surface area contributed by atoms with Gasteiger partial charge in [-0.05, 0) is 177 Å². The highest BCUT2D eigenvalue weighted by molar-refractivity contribution is 5.78. The molecule has 7 heterocycles. The molecule has 7 aromatic rings. The number of hydrogen-bond acceptors (Lipinski definition) is 9. The molecular formula is C59H62F2N6O4. The van der Waals surface area contributed by atoms with Crippen molar-refractivity contribution in [1.82, 2.24) is 24.3 Å². The first-order valence-electron chi connectivity index (χ1n) is 25.8. The molecule has 12 heteroatoms. The van der Waals surface area contributed by atoms with Gasteiger partial charge in [0.2, 0.25) is 0 Å². The normalized spacial score (nSPS) is 25.5. The summed E-state index contributed by atoms with van der Waals surface area (Å²) in [4.78, 5) is 19.1. The number of nitrogens with zero attached hydrogens (tertiary/aromatic N) is 5. The summed E-state index contributed by atoms with van der Waals surface area (Å²) in [6.07, 6.45) is 24.0. The van der Waals surface area contributed by atoms with Crippen LogP contribution >= 0.6 is 0 Å². The van der Waals surface area contributed by atoms with E-state index in [-0.39, 0.29) is 28.5 Å². The largest absolute Gasteiger partial charge is 0.348 e. The zero-order valence-electron chi connectivity index (χ0n) is 40.3. The Kier molecular flexibility index (Phi) is 12.4. The molecule has 2 saturated heterocycles. The Balaban J connectivity index is 0.000000146. The fourth-order valence-corrected chi connectivity index (χ4v) is 13.7. The third-order valence-corrected chi connectivity index (χ3v) is 17.2. The number of hydrogen-bond donors (Lipinski definition) is 1. The van der Waals surface area contributed by atoms with Crippen molar-refractivity contribution in [3.63, 3.8) is 0 Å². The number of imidazole rings is 1. The number of halogens is 2. The fraction of sp³-hybridized carbons (Fsp3) is 0.424. The maximum Gasteiger partial charge on any atom is 0.168 e. The molecule has 2 aromatic carbocycles. The predicted molar refractivity (Wildman–Crippen MR) is 266 cm³/mol. The maximum atomic E-state index is 13.6. The number of nitrogens with two attached hydrogens (primary N) is 1. The van der Waals surface area contributed by atoms with Crippen LogP contribution < -0.4 is 5.73 Å². The van der Waals surface area contributed by atoms with Crippen molar-refractivity contribution in [1.29, 1.82) is 0 Å². The predicted octanol–water partition coefficient (Wildman–Crippen LogP) is 10.9. The number of aryl methyl sites for hydroxylation is 2. The first kappa shape index (κ1) is 46.3. The molecule has 2 spiro atoms. The summed E-state index contributed by atoms with van der Waals surface area (Å²) in [6.45, 7) is 2.75. The summed E-state index contributed by atoms with van der Waals surface area (Å²) in [7, 11) is 0. The van der Waals surface area contributed by atoms with E-state index in [1.807, 2.05) is 43.0 Å². The van der Waals surface area contributed by atoms with Gasteiger partial charge in [-0.25, -0.2) is 13.8 Å². The van der Waals surface area contributed by atoms with Crippen LogP contribution in [0.4, 0.5) is 8.78 Å². The van der Waals surface area contributed by atoms with Crippen LogP contribution in [0.25, 0.3) is 16.8 Å². The van der Waals surface area contributed by atoms with Crippen molar-refractivity contribution < 1.29 is 27.7 Å². The van der Waals surface area contributed by atoms with E-state index in [9.17, 15) is 8.78 Å². The van der Waals surface area contributed by atoms with Crippen LogP contribution in [0.15, 0.2) is 128 Å². The van der Waals surface area contributed by atoms with Crippen molar-refractivity contribution in [3.8, 4) is 11.3 Å². The zero-order valence-corrected chi connectivity index (χ0v) is 40.3. The molecule has 4 fully saturated rings. The molecule has 2 saturated carbocycles. The molecule has 71 heavy (non-hydrogen) atoms. The topological polar surface area (TPSA) is 119 Å². The van der Waals surface area contributed by atoms with Gasteiger partial charge < -0.3 is 29.1 Å². The molecular weight excluding hydrogens is 895 g/mol. The second-order valence-corrected chi connectivity index (χ2v) is 21.0. The molecule has 1 unspecified atom stereocenters. The number of ether oxygens (including phenoxy) is 4. The summed E-state index contributed by atoms with van der Waals surface area (Å²) >= 11 is 0. The van der Waals surface area contributed by atoms with Gasteiger partial charge in [0.25, 0.3) is 0 Å². The minimum Gasteiger partial charge on any atom is -0.348 e. The van der Waals surface area contributed by atoms with E-state index in [0.29, 0.717) is 38.3 Å². The van der Waals surface area contributed by atoms with E-state index >= 15 is 0 Å². The van der Waals surface area contributed by atoms with Crippen molar-refractivity contribution in [2.24, 2.45) is 17.6 Å². The Morgan fingerprint density at radius 1 is 0.620 bits per heavy atom. The lowest BCUT2D eigenvalue weighted by Gasteiger charge is -2.50. The van der Waals surface area contributed by atoms with Gasteiger partial charge in [0.1, 0.15) is 11.6 Å². The second-order valence-electron chi connectivity index (χ2n) is 21.0. The SMILES string of the molecule is Fc1ccc(-c2ncn3cc4c(cc23)CCC[C@@H]2CC3(CC[C@@]42Cc2ccccn2)OCCO3)cc1.NC(c1ccc(F)cc1)c1cc2c(cn1)[C@]1(Cc3ccccn3)CCC3(C[C@H]1CCC2)OCCO3. The lowest BCUT2D eigenvalue weighted by molar-refractivity contribution is -0.199. The van der Waals surface area contributed by atoms with Gasteiger partial charge in [-0.2, -0.15) is 0 Å². The lowest BCUT2D eigenvalue weighted by atomic mass is 9.58. The van der Waals surface area contributed by atoms with E-state index in [1.165, 1.54) is 46.5 Å². The number of fused-ring (bicyclic) bond motifs is 7. The quantitative estimate of drug-likeness (QED) is 0.167. The second kappa shape index (κ2) is 19.0. The van der Waals surface area contributed by atoms with Crippen LogP contribution in [0.1, 0.15) is 115 Å². The summed E-state index contributed by atoms with van der Waals surface area (Å²) in [6, 6.07) is 29.6. The minimum absolute atomic E-state index is 0.0325. The monoisotopic (exact) mass is 956 g/mol. The molecule has 0 bridgehead atoms. The first-order chi connectivity index (χ1) is 34.7. The zero-order chi connectivity index (χ0) is 48.0. The standard InChI is InChI=1S/C30H30FN3O2.C29H32FN3O2/c31-24-9-7-21(8-10-24)28-27-16-22-4-3-5-23-17-30(35-14-15-36-30)12-11-29(23,18-25-6-1-2-13-32-25)26(22)19-34(27)20-33-28;30-23-9-7-20(8-10-23)27(31)26-16-21-4-3-5-22-17-29(34-14-15-35-29)12-11-28(22,25(21)19-33-26)18-24-6-1-2-13-32-24/h1-2,6-10,13,16,19-20,23H,3-5,11-12,14-15,17-18H2;1-2,6-10,13,16,19,22,27H,3-5,11-12,14-15,17-18,31H2/t23-,29+;22-,27?,28+/m11/s1. The minimum atomic E-state index is -0.429. The van der Waals surface area contributed by atoms with E-state index in [4.69, 9.17) is 44.6 Å². The van der Waals surface area contributed by atoms with Gasteiger partial charge >= 0.3 is 0 Å². The molecule has 10 nitrogen and oxygen atoms in total. The van der Waals surface area contributed by atoms with E-state index < -0.39 is 11.6 Å². The van der Waals surface area contributed by atoms with Crippen molar-refractivity contribution in [2.45, 2.75) is 118 Å². The molecule has 4 aliphatic carbocycles. The van der Waals surface area contributed by atoms with Crippen LogP contribution in [0.3, 0.4) is 0 Å². The average molecular weight is 957 g/mol. The van der Waals surface area contributed by atoms with E-state index in [2.05, 4.69) is 53.2 Å². The van der Waals surface area contributed by atoms with Gasteiger partial charge in [-0.3, -0.25) is 15.0 Å². The Morgan fingerprint density at radius 3 is 1.73 bits per heavy atom. The average Bonchev–Trinajstić information content (AvgIpc) is 4.13. The molecule has 5 aromatic heterocycles. The summed E-state index contributed by atoms with van der Waals surface area (Å²) in [5.74, 6) is -0.465. The van der Waals surface area contributed by atoms with Crippen molar-refractivity contribution >= 4 is 5.52 Å². The smallest absolute Gasteiger partial charge is 0.168 e. The molecule has 2 N–H and O–H groups in total. The molecule has 2 aliphatic heterocycles. The molecule has 366 valence electrons. The van der Waals surface area contributed by atoms with Crippen LogP contribution in [0.5, 0.6) is 0 Å². The highest BCUT2D eigenvalue weighted by Gasteiger charge is 2.55. The molecule has 5 atom stereocenters. The Bertz CT molecular complexity index is 2980. The van der Waals surface area contributed by atoms with Gasteiger partial charge in [-0.1, -0.05) is 24.3 Å². The van der Waals surface area contributed by atoms with Gasteiger partial charge in [0.05, 0.1) is 55.7 Å². The number of benzene rings is 2. The van der Waals surface area contributed by atoms with Crippen LogP contribution in [-0.2, 0) is 55.5 Å². The summed E-state index contributed by atoms with van der Waals surface area (Å²) < 4.78 is 53.9. The Morgan fingerprint density at radius 2 is 1.17 bits per heavy atom. The number of pyridine rings is 4. The van der Waals surface area contributed by atoms with Crippen LogP contribution in [-0.4, -0.2) is 62.3 Å².